The normalized spacial score (nSPS) is 10.5. The minimum atomic E-state index is -0.429. The largest absolute Gasteiger partial charge is 0.458 e. The molecule has 5 heteroatoms. The molecule has 1 heterocycles. The van der Waals surface area contributed by atoms with Gasteiger partial charge < -0.3 is 4.74 Å². The number of benzene rings is 2. The summed E-state index contributed by atoms with van der Waals surface area (Å²) in [5.74, 6) is 0.663. The van der Waals surface area contributed by atoms with Crippen molar-refractivity contribution in [3.63, 3.8) is 0 Å². The van der Waals surface area contributed by atoms with Gasteiger partial charge in [-0.1, -0.05) is 41.1 Å². The Morgan fingerprint density at radius 2 is 1.70 bits per heavy atom. The predicted octanol–water partition coefficient (Wildman–Crippen LogP) is 2.54. The highest BCUT2D eigenvalue weighted by atomic mass is 16.5. The highest BCUT2D eigenvalue weighted by Gasteiger charge is 2.31. The molecule has 0 saturated carbocycles. The highest BCUT2D eigenvalue weighted by Crippen LogP contribution is 2.19. The number of rotatable bonds is 4. The number of carbonyl (C=O) groups excluding carboxylic acids is 1. The molecular formula is C18H18N3O2+. The van der Waals surface area contributed by atoms with Crippen molar-refractivity contribution in [3.8, 4) is 17.1 Å². The molecular weight excluding hydrogens is 290 g/mol. The molecule has 116 valence electrons. The molecule has 0 fully saturated rings. The van der Waals surface area contributed by atoms with Crippen molar-refractivity contribution in [2.45, 2.75) is 6.92 Å². The Morgan fingerprint density at radius 1 is 1.09 bits per heavy atom. The quantitative estimate of drug-likeness (QED) is 0.550. The molecule has 5 nitrogen and oxygen atoms in total. The molecule has 0 aliphatic carbocycles. The monoisotopic (exact) mass is 308 g/mol. The Kier molecular flexibility index (Phi) is 4.19. The van der Waals surface area contributed by atoms with Gasteiger partial charge in [-0.3, -0.25) is 0 Å². The molecule has 0 atom stereocenters. The van der Waals surface area contributed by atoms with Crippen LogP contribution in [0.4, 0.5) is 0 Å². The van der Waals surface area contributed by atoms with E-state index in [1.807, 2.05) is 67.7 Å². The van der Waals surface area contributed by atoms with Crippen molar-refractivity contribution in [1.82, 2.24) is 9.78 Å². The summed E-state index contributed by atoms with van der Waals surface area (Å²) in [6.45, 7) is 2.10. The third kappa shape index (κ3) is 2.85. The van der Waals surface area contributed by atoms with Gasteiger partial charge in [0.2, 0.25) is 0 Å². The van der Waals surface area contributed by atoms with Gasteiger partial charge in [-0.05, 0) is 31.2 Å². The Bertz CT molecular complexity index is 811. The Morgan fingerprint density at radius 3 is 2.30 bits per heavy atom. The van der Waals surface area contributed by atoms with E-state index in [9.17, 15) is 4.79 Å². The van der Waals surface area contributed by atoms with Gasteiger partial charge in [0.1, 0.15) is 5.69 Å². The molecule has 2 aromatic carbocycles. The van der Waals surface area contributed by atoms with Crippen LogP contribution in [-0.4, -0.2) is 22.4 Å². The molecule has 0 radical (unpaired) electrons. The number of carbonyl (C=O) groups is 1. The van der Waals surface area contributed by atoms with E-state index < -0.39 is 5.97 Å². The fourth-order valence-corrected chi connectivity index (χ4v) is 2.48. The zero-order chi connectivity index (χ0) is 16.2. The summed E-state index contributed by atoms with van der Waals surface area (Å²) in [6, 6.07) is 19.6. The highest BCUT2D eigenvalue weighted by molar-refractivity contribution is 5.84. The molecule has 0 aliphatic heterocycles. The lowest BCUT2D eigenvalue weighted by Crippen LogP contribution is -2.37. The van der Waals surface area contributed by atoms with Crippen LogP contribution in [0.25, 0.3) is 17.1 Å². The molecule has 0 spiro atoms. The second-order valence-corrected chi connectivity index (χ2v) is 5.04. The number of nitrogens with zero attached hydrogens (tertiary/aromatic N) is 3. The Labute approximate surface area is 134 Å². The van der Waals surface area contributed by atoms with Crippen LogP contribution < -0.4 is 4.57 Å². The minimum absolute atomic E-state index is 0.273. The van der Waals surface area contributed by atoms with E-state index in [1.54, 1.807) is 16.2 Å². The standard InChI is InChI=1S/C18H18N3O2/c1-3-23-18(22)16-19-21(15-12-8-5-9-13-15)17(20(16)2)14-10-6-4-7-11-14/h4-13H,3H2,1-2H3/q+1. The van der Waals surface area contributed by atoms with E-state index in [-0.39, 0.29) is 5.82 Å². The third-order valence-electron chi connectivity index (χ3n) is 3.52. The zero-order valence-electron chi connectivity index (χ0n) is 13.1. The minimum Gasteiger partial charge on any atom is -0.458 e. The van der Waals surface area contributed by atoms with E-state index in [1.165, 1.54) is 0 Å². The van der Waals surface area contributed by atoms with Gasteiger partial charge in [0.05, 0.1) is 24.3 Å². The number of hydrogen-bond acceptors (Lipinski definition) is 3. The summed E-state index contributed by atoms with van der Waals surface area (Å²) >= 11 is 0. The maximum absolute atomic E-state index is 12.2. The van der Waals surface area contributed by atoms with Crippen LogP contribution in [0.2, 0.25) is 0 Å². The van der Waals surface area contributed by atoms with E-state index in [4.69, 9.17) is 4.74 Å². The van der Waals surface area contributed by atoms with Gasteiger partial charge in [0.15, 0.2) is 0 Å². The van der Waals surface area contributed by atoms with E-state index >= 15 is 0 Å². The molecule has 0 bridgehead atoms. The van der Waals surface area contributed by atoms with E-state index in [0.29, 0.717) is 6.61 Å². The molecule has 0 amide bonds. The van der Waals surface area contributed by atoms with Crippen LogP contribution >= 0.6 is 0 Å². The van der Waals surface area contributed by atoms with Crippen LogP contribution in [0.3, 0.4) is 0 Å². The second-order valence-electron chi connectivity index (χ2n) is 5.04. The number of esters is 1. The van der Waals surface area contributed by atoms with Gasteiger partial charge in [0, 0.05) is 0 Å². The van der Waals surface area contributed by atoms with Crippen molar-refractivity contribution in [2.75, 3.05) is 6.61 Å². The third-order valence-corrected chi connectivity index (χ3v) is 3.52. The lowest BCUT2D eigenvalue weighted by atomic mass is 10.2. The van der Waals surface area contributed by atoms with Crippen LogP contribution in [0.15, 0.2) is 60.7 Å². The first-order chi connectivity index (χ1) is 11.2. The fourth-order valence-electron chi connectivity index (χ4n) is 2.48. The van der Waals surface area contributed by atoms with Crippen LogP contribution in [-0.2, 0) is 11.8 Å². The summed E-state index contributed by atoms with van der Waals surface area (Å²) in [7, 11) is 1.82. The topological polar surface area (TPSA) is 48.0 Å². The second kappa shape index (κ2) is 6.44. The Balaban J connectivity index is 2.21. The maximum Gasteiger partial charge on any atom is 0.412 e. The average Bonchev–Trinajstić information content (AvgIpc) is 2.94. The van der Waals surface area contributed by atoms with Crippen molar-refractivity contribution < 1.29 is 14.1 Å². The summed E-state index contributed by atoms with van der Waals surface area (Å²) in [6.07, 6.45) is 0. The molecule has 0 N–H and O–H groups in total. The summed E-state index contributed by atoms with van der Waals surface area (Å²) < 4.78 is 8.64. The first-order valence-electron chi connectivity index (χ1n) is 7.49. The zero-order valence-corrected chi connectivity index (χ0v) is 13.1. The van der Waals surface area contributed by atoms with Crippen LogP contribution in [0, 0.1) is 0 Å². The maximum atomic E-state index is 12.2. The Hall–Kier alpha value is -2.95. The van der Waals surface area contributed by atoms with Crippen molar-refractivity contribution in [3.05, 3.63) is 66.5 Å². The molecule has 0 aliphatic rings. The summed E-state index contributed by atoms with van der Waals surface area (Å²) in [4.78, 5) is 12.2. The number of ether oxygens (including phenoxy) is 1. The molecule has 0 saturated heterocycles. The summed E-state index contributed by atoms with van der Waals surface area (Å²) in [5, 5.41) is 4.48. The molecule has 23 heavy (non-hydrogen) atoms. The molecule has 1 aromatic heterocycles. The average molecular weight is 308 g/mol. The number of para-hydroxylation sites is 1. The fraction of sp³-hybridized carbons (Fsp3) is 0.167. The lowest BCUT2D eigenvalue weighted by molar-refractivity contribution is -0.663. The van der Waals surface area contributed by atoms with Gasteiger partial charge in [-0.15, -0.1) is 0 Å². The molecule has 0 unspecified atom stereocenters. The lowest BCUT2D eigenvalue weighted by Gasteiger charge is -2.01. The first-order valence-corrected chi connectivity index (χ1v) is 7.49. The van der Waals surface area contributed by atoms with Crippen LogP contribution in [0.5, 0.6) is 0 Å². The number of hydrogen-bond donors (Lipinski definition) is 0. The van der Waals surface area contributed by atoms with Crippen molar-refractivity contribution >= 4 is 5.97 Å². The van der Waals surface area contributed by atoms with Crippen LogP contribution in [0.1, 0.15) is 17.5 Å². The van der Waals surface area contributed by atoms with Gasteiger partial charge >= 0.3 is 11.8 Å². The van der Waals surface area contributed by atoms with E-state index in [0.717, 1.165) is 17.1 Å². The molecule has 3 aromatic rings. The SMILES string of the molecule is CCOC(=O)c1nn(-c2ccccc2)c(-c2ccccc2)[n+]1C. The van der Waals surface area contributed by atoms with Gasteiger partial charge in [-0.25, -0.2) is 9.36 Å². The number of aromatic nitrogens is 3. The van der Waals surface area contributed by atoms with E-state index in [2.05, 4.69) is 5.10 Å². The molecule has 3 rings (SSSR count). The van der Waals surface area contributed by atoms with Crippen molar-refractivity contribution in [2.24, 2.45) is 7.05 Å². The first kappa shape index (κ1) is 15.0. The van der Waals surface area contributed by atoms with Gasteiger partial charge in [0.25, 0.3) is 5.82 Å². The van der Waals surface area contributed by atoms with Crippen molar-refractivity contribution in [1.29, 1.82) is 0 Å². The smallest absolute Gasteiger partial charge is 0.412 e. The predicted molar refractivity (Wildman–Crippen MR) is 86.1 cm³/mol. The van der Waals surface area contributed by atoms with Gasteiger partial charge in [-0.2, -0.15) is 0 Å². The summed E-state index contributed by atoms with van der Waals surface area (Å²) in [5.41, 5.74) is 1.86.